The van der Waals surface area contributed by atoms with Crippen molar-refractivity contribution in [2.45, 2.75) is 13.8 Å². The summed E-state index contributed by atoms with van der Waals surface area (Å²) in [6.07, 6.45) is 1.50. The van der Waals surface area contributed by atoms with Gasteiger partial charge in [0.15, 0.2) is 11.5 Å². The number of carbonyl (C=O) groups is 2. The molecule has 0 fully saturated rings. The zero-order valence-electron chi connectivity index (χ0n) is 15.6. The molecule has 0 bridgehead atoms. The summed E-state index contributed by atoms with van der Waals surface area (Å²) in [5.41, 5.74) is 3.73. The second-order valence-electron chi connectivity index (χ2n) is 5.99. The van der Waals surface area contributed by atoms with Crippen molar-refractivity contribution in [1.82, 2.24) is 5.43 Å². The van der Waals surface area contributed by atoms with E-state index in [-0.39, 0.29) is 5.91 Å². The third-order valence-electron chi connectivity index (χ3n) is 3.91. The van der Waals surface area contributed by atoms with Crippen LogP contribution in [-0.2, 0) is 4.79 Å². The lowest BCUT2D eigenvalue weighted by molar-refractivity contribution is -0.132. The van der Waals surface area contributed by atoms with E-state index >= 15 is 0 Å². The average molecular weight is 376 g/mol. The van der Waals surface area contributed by atoms with Gasteiger partial charge in [0.25, 0.3) is 5.91 Å². The van der Waals surface area contributed by atoms with Crippen LogP contribution in [0.4, 0.5) is 0 Å². The highest BCUT2D eigenvalue weighted by Gasteiger charge is 2.09. The Hall–Kier alpha value is -3.67. The molecule has 28 heavy (non-hydrogen) atoms. The van der Waals surface area contributed by atoms with E-state index in [1.54, 1.807) is 24.3 Å². The van der Waals surface area contributed by atoms with E-state index in [1.165, 1.54) is 13.1 Å². The van der Waals surface area contributed by atoms with Gasteiger partial charge in [-0.05, 0) is 53.6 Å². The predicted octanol–water partition coefficient (Wildman–Crippen LogP) is 3.93. The molecule has 0 aromatic heterocycles. The number of rotatable bonds is 6. The minimum Gasteiger partial charge on any atom is -0.490 e. The first-order valence-corrected chi connectivity index (χ1v) is 8.84. The summed E-state index contributed by atoms with van der Waals surface area (Å²) in [6.45, 7) is 3.59. The molecule has 0 aliphatic heterocycles. The van der Waals surface area contributed by atoms with Crippen LogP contribution in [0.25, 0.3) is 10.8 Å². The Labute approximate surface area is 162 Å². The Bertz CT molecular complexity index is 1040. The molecule has 0 aliphatic rings. The number of hydrogen-bond donors (Lipinski definition) is 1. The summed E-state index contributed by atoms with van der Waals surface area (Å²) >= 11 is 0. The van der Waals surface area contributed by atoms with Gasteiger partial charge in [-0.1, -0.05) is 30.3 Å². The molecule has 6 nitrogen and oxygen atoms in total. The molecule has 1 amide bonds. The van der Waals surface area contributed by atoms with E-state index in [0.29, 0.717) is 29.2 Å². The lowest BCUT2D eigenvalue weighted by Crippen LogP contribution is -2.17. The van der Waals surface area contributed by atoms with E-state index in [9.17, 15) is 9.59 Å². The fraction of sp³-hybridized carbons (Fsp3) is 0.136. The fourth-order valence-corrected chi connectivity index (χ4v) is 2.67. The van der Waals surface area contributed by atoms with Crippen LogP contribution in [0.5, 0.6) is 11.5 Å². The Balaban J connectivity index is 1.71. The molecule has 0 atom stereocenters. The van der Waals surface area contributed by atoms with Gasteiger partial charge < -0.3 is 9.47 Å². The largest absolute Gasteiger partial charge is 0.490 e. The van der Waals surface area contributed by atoms with Gasteiger partial charge in [0.1, 0.15) is 0 Å². The first-order valence-electron chi connectivity index (χ1n) is 8.84. The van der Waals surface area contributed by atoms with Gasteiger partial charge in [-0.25, -0.2) is 5.43 Å². The molecule has 3 rings (SSSR count). The average Bonchev–Trinajstić information content (AvgIpc) is 2.69. The lowest BCUT2D eigenvalue weighted by atomic mass is 10.1. The molecule has 3 aromatic carbocycles. The number of hydrazone groups is 1. The van der Waals surface area contributed by atoms with Crippen molar-refractivity contribution in [1.29, 1.82) is 0 Å². The van der Waals surface area contributed by atoms with Gasteiger partial charge in [-0.2, -0.15) is 5.10 Å². The summed E-state index contributed by atoms with van der Waals surface area (Å²) in [5.74, 6) is 0.0443. The van der Waals surface area contributed by atoms with Crippen LogP contribution in [0.3, 0.4) is 0 Å². The topological polar surface area (TPSA) is 77.0 Å². The van der Waals surface area contributed by atoms with Crippen LogP contribution in [0.1, 0.15) is 29.8 Å². The summed E-state index contributed by atoms with van der Waals surface area (Å²) in [5, 5.41) is 6.06. The zero-order chi connectivity index (χ0) is 19.9. The van der Waals surface area contributed by atoms with Gasteiger partial charge in [0.2, 0.25) is 0 Å². The van der Waals surface area contributed by atoms with Crippen LogP contribution < -0.4 is 14.9 Å². The molecule has 0 aliphatic carbocycles. The first kappa shape index (κ1) is 19.1. The van der Waals surface area contributed by atoms with E-state index < -0.39 is 5.97 Å². The minimum atomic E-state index is -0.426. The third-order valence-corrected chi connectivity index (χ3v) is 3.91. The van der Waals surface area contributed by atoms with Crippen LogP contribution in [-0.4, -0.2) is 24.7 Å². The van der Waals surface area contributed by atoms with E-state index in [4.69, 9.17) is 9.47 Å². The number of hydrogen-bond acceptors (Lipinski definition) is 5. The standard InChI is InChI=1S/C22H20N2O4/c1-3-27-21-12-16(8-11-20(21)28-15(2)25)14-23-24-22(26)19-10-9-17-6-4-5-7-18(17)13-19/h4-14H,3H2,1-2H3,(H,24,26)/b23-14-. The molecule has 0 saturated carbocycles. The zero-order valence-corrected chi connectivity index (χ0v) is 15.6. The molecular weight excluding hydrogens is 356 g/mol. The molecule has 0 heterocycles. The third kappa shape index (κ3) is 4.73. The number of fused-ring (bicyclic) bond motifs is 1. The SMILES string of the molecule is CCOc1cc(/C=N\NC(=O)c2ccc3ccccc3c2)ccc1OC(C)=O. The molecule has 1 N–H and O–H groups in total. The van der Waals surface area contributed by atoms with Crippen molar-refractivity contribution in [2.24, 2.45) is 5.10 Å². The van der Waals surface area contributed by atoms with Crippen molar-refractivity contribution in [3.63, 3.8) is 0 Å². The van der Waals surface area contributed by atoms with Gasteiger partial charge in [-0.3, -0.25) is 9.59 Å². The smallest absolute Gasteiger partial charge is 0.308 e. The Morgan fingerprint density at radius 2 is 1.79 bits per heavy atom. The van der Waals surface area contributed by atoms with Crippen LogP contribution in [0.15, 0.2) is 65.8 Å². The van der Waals surface area contributed by atoms with Gasteiger partial charge in [0, 0.05) is 12.5 Å². The van der Waals surface area contributed by atoms with E-state index in [2.05, 4.69) is 10.5 Å². The van der Waals surface area contributed by atoms with Crippen LogP contribution in [0, 0.1) is 0 Å². The van der Waals surface area contributed by atoms with E-state index in [1.807, 2.05) is 43.3 Å². The number of amides is 1. The minimum absolute atomic E-state index is 0.302. The predicted molar refractivity (Wildman–Crippen MR) is 108 cm³/mol. The quantitative estimate of drug-likeness (QED) is 0.306. The maximum Gasteiger partial charge on any atom is 0.308 e. The highest BCUT2D eigenvalue weighted by atomic mass is 16.6. The molecule has 6 heteroatoms. The molecule has 0 radical (unpaired) electrons. The maximum atomic E-state index is 12.3. The highest BCUT2D eigenvalue weighted by molar-refractivity contribution is 5.99. The normalized spacial score (nSPS) is 10.8. The Morgan fingerprint density at radius 1 is 1.00 bits per heavy atom. The number of ether oxygens (including phenoxy) is 2. The van der Waals surface area contributed by atoms with Crippen molar-refractivity contribution in [3.05, 3.63) is 71.8 Å². The van der Waals surface area contributed by atoms with Gasteiger partial charge >= 0.3 is 5.97 Å². The second-order valence-corrected chi connectivity index (χ2v) is 5.99. The molecule has 0 unspecified atom stereocenters. The van der Waals surface area contributed by atoms with Crippen molar-refractivity contribution < 1.29 is 19.1 Å². The van der Waals surface area contributed by atoms with Crippen molar-refractivity contribution in [2.75, 3.05) is 6.61 Å². The summed E-state index contributed by atoms with van der Waals surface area (Å²) < 4.78 is 10.6. The molecular formula is C22H20N2O4. The van der Waals surface area contributed by atoms with Crippen LogP contribution in [0.2, 0.25) is 0 Å². The number of carbonyl (C=O) groups excluding carboxylic acids is 2. The summed E-state index contributed by atoms with van der Waals surface area (Å²) in [7, 11) is 0. The first-order chi connectivity index (χ1) is 13.6. The summed E-state index contributed by atoms with van der Waals surface area (Å²) in [6, 6.07) is 18.3. The monoisotopic (exact) mass is 376 g/mol. The molecule has 3 aromatic rings. The highest BCUT2D eigenvalue weighted by Crippen LogP contribution is 2.28. The van der Waals surface area contributed by atoms with Crippen molar-refractivity contribution in [3.8, 4) is 11.5 Å². The Kier molecular flexibility index (Phi) is 6.01. The van der Waals surface area contributed by atoms with Crippen LogP contribution >= 0.6 is 0 Å². The lowest BCUT2D eigenvalue weighted by Gasteiger charge is -2.10. The molecule has 0 spiro atoms. The number of benzene rings is 3. The number of nitrogens with one attached hydrogen (secondary N) is 1. The van der Waals surface area contributed by atoms with Gasteiger partial charge in [0.05, 0.1) is 12.8 Å². The number of esters is 1. The molecule has 0 saturated heterocycles. The Morgan fingerprint density at radius 3 is 2.54 bits per heavy atom. The van der Waals surface area contributed by atoms with Crippen molar-refractivity contribution >= 4 is 28.9 Å². The number of nitrogens with zero attached hydrogens (tertiary/aromatic N) is 1. The van der Waals surface area contributed by atoms with Gasteiger partial charge in [-0.15, -0.1) is 0 Å². The maximum absolute atomic E-state index is 12.3. The van der Waals surface area contributed by atoms with E-state index in [0.717, 1.165) is 10.8 Å². The second kappa shape index (κ2) is 8.81. The summed E-state index contributed by atoms with van der Waals surface area (Å²) in [4.78, 5) is 23.5. The molecule has 142 valence electrons. The fourth-order valence-electron chi connectivity index (χ4n) is 2.67.